The van der Waals surface area contributed by atoms with Crippen molar-refractivity contribution in [2.45, 2.75) is 176 Å². The summed E-state index contributed by atoms with van der Waals surface area (Å²) in [4.78, 5) is 12.6. The first-order chi connectivity index (χ1) is 21.2. The average molecular weight is 614 g/mol. The number of hydrogen-bond donors (Lipinski definition) is 2. The number of aliphatic hydroxyl groups excluding tert-OH is 1. The van der Waals surface area contributed by atoms with E-state index in [0.717, 1.165) is 74.2 Å². The van der Waals surface area contributed by atoms with Gasteiger partial charge in [-0.3, -0.25) is 0 Å². The first kappa shape index (κ1) is 35.8. The Morgan fingerprint density at radius 1 is 0.864 bits per heavy atom. The molecule has 4 rings (SSSR count). The lowest BCUT2D eigenvalue weighted by atomic mass is 9.47. The zero-order chi connectivity index (χ0) is 31.6. The van der Waals surface area contributed by atoms with Crippen molar-refractivity contribution < 1.29 is 14.6 Å². The van der Waals surface area contributed by atoms with Crippen LogP contribution >= 0.6 is 0 Å². The predicted molar refractivity (Wildman–Crippen MR) is 185 cm³/mol. The van der Waals surface area contributed by atoms with Crippen LogP contribution in [0.5, 0.6) is 0 Å². The predicted octanol–water partition coefficient (Wildman–Crippen LogP) is 11.0. The molecule has 0 spiro atoms. The Bertz CT molecular complexity index is 899. The van der Waals surface area contributed by atoms with Crippen LogP contribution in [0.2, 0.25) is 0 Å². The molecule has 2 N–H and O–H groups in total. The molecule has 3 fully saturated rings. The lowest BCUT2D eigenvalue weighted by Gasteiger charge is -2.58. The molecule has 4 nitrogen and oxygen atoms in total. The van der Waals surface area contributed by atoms with Gasteiger partial charge >= 0.3 is 6.09 Å². The van der Waals surface area contributed by atoms with E-state index in [2.05, 4.69) is 46.0 Å². The van der Waals surface area contributed by atoms with Gasteiger partial charge in [0.25, 0.3) is 0 Å². The number of carbonyl (C=O) groups excluding carboxylic acids is 1. The second kappa shape index (κ2) is 17.2. The summed E-state index contributed by atoms with van der Waals surface area (Å²) < 4.78 is 5.99. The molecule has 0 bridgehead atoms. The van der Waals surface area contributed by atoms with Crippen molar-refractivity contribution in [2.24, 2.45) is 46.3 Å². The molecule has 0 aromatic heterocycles. The summed E-state index contributed by atoms with van der Waals surface area (Å²) in [5.41, 5.74) is 2.46. The van der Waals surface area contributed by atoms with Crippen LogP contribution in [0, 0.1) is 46.3 Å². The number of amides is 1. The van der Waals surface area contributed by atoms with Crippen molar-refractivity contribution >= 4 is 6.09 Å². The third-order valence-electron chi connectivity index (χ3n) is 13.4. The van der Waals surface area contributed by atoms with E-state index in [1.165, 1.54) is 103 Å². The molecule has 254 valence electrons. The van der Waals surface area contributed by atoms with Crippen molar-refractivity contribution in [1.29, 1.82) is 0 Å². The van der Waals surface area contributed by atoms with Gasteiger partial charge in [0.15, 0.2) is 0 Å². The van der Waals surface area contributed by atoms with E-state index in [1.807, 2.05) is 0 Å². The molecular weight excluding hydrogens is 542 g/mol. The van der Waals surface area contributed by atoms with Gasteiger partial charge in [0.2, 0.25) is 0 Å². The van der Waals surface area contributed by atoms with Crippen molar-refractivity contribution in [1.82, 2.24) is 5.32 Å². The Balaban J connectivity index is 1.17. The fourth-order valence-corrected chi connectivity index (χ4v) is 10.8. The van der Waals surface area contributed by atoms with E-state index in [-0.39, 0.29) is 12.2 Å². The molecule has 3 saturated carbocycles. The number of ether oxygens (including phenoxy) is 1. The van der Waals surface area contributed by atoms with Crippen molar-refractivity contribution in [3.05, 3.63) is 11.6 Å². The third-order valence-corrected chi connectivity index (χ3v) is 13.4. The summed E-state index contributed by atoms with van der Waals surface area (Å²) in [5, 5.41) is 11.9. The number of hydrogen-bond acceptors (Lipinski definition) is 3. The maximum Gasteiger partial charge on any atom is 0.407 e. The van der Waals surface area contributed by atoms with Crippen LogP contribution in [0.4, 0.5) is 4.79 Å². The molecule has 0 aromatic carbocycles. The number of fused-ring (bicyclic) bond motifs is 5. The van der Waals surface area contributed by atoms with E-state index >= 15 is 0 Å². The highest BCUT2D eigenvalue weighted by Gasteiger charge is 2.59. The molecule has 0 heterocycles. The summed E-state index contributed by atoms with van der Waals surface area (Å²) in [6, 6.07) is 0. The van der Waals surface area contributed by atoms with E-state index < -0.39 is 0 Å². The van der Waals surface area contributed by atoms with Crippen LogP contribution in [-0.2, 0) is 4.74 Å². The molecule has 4 aliphatic carbocycles. The average Bonchev–Trinajstić information content (AvgIpc) is 3.35. The lowest BCUT2D eigenvalue weighted by molar-refractivity contribution is -0.0581. The smallest absolute Gasteiger partial charge is 0.407 e. The molecule has 0 saturated heterocycles. The summed E-state index contributed by atoms with van der Waals surface area (Å²) in [6.07, 6.45) is 28.9. The molecule has 44 heavy (non-hydrogen) atoms. The van der Waals surface area contributed by atoms with E-state index in [9.17, 15) is 4.79 Å². The van der Waals surface area contributed by atoms with Crippen LogP contribution in [0.3, 0.4) is 0 Å². The molecule has 0 aromatic rings. The molecule has 0 radical (unpaired) electrons. The van der Waals surface area contributed by atoms with Gasteiger partial charge in [-0.15, -0.1) is 0 Å². The molecule has 1 amide bonds. The minimum atomic E-state index is -0.205. The highest BCUT2D eigenvalue weighted by molar-refractivity contribution is 5.67. The third kappa shape index (κ3) is 9.07. The number of allylic oxidation sites excluding steroid dienone is 1. The van der Waals surface area contributed by atoms with Crippen LogP contribution in [0.15, 0.2) is 11.6 Å². The van der Waals surface area contributed by atoms with Crippen molar-refractivity contribution in [3.63, 3.8) is 0 Å². The Hall–Kier alpha value is -1.03. The largest absolute Gasteiger partial charge is 0.446 e. The number of alkyl carbamates (subject to hydrolysis) is 1. The van der Waals surface area contributed by atoms with E-state index in [4.69, 9.17) is 9.84 Å². The first-order valence-corrected chi connectivity index (χ1v) is 19.4. The SMILES string of the molecule is CC(C)CCC[C@@H](C)[C@H]1CCC2C3CC=C4CC(OC(=O)NCCCCCCCCCCCCO)CC[C@]4(C)C3CC[C@@]21C. The lowest BCUT2D eigenvalue weighted by Crippen LogP contribution is -2.51. The number of rotatable bonds is 18. The fraction of sp³-hybridized carbons (Fsp3) is 0.925. The van der Waals surface area contributed by atoms with Gasteiger partial charge in [-0.2, -0.15) is 0 Å². The number of aliphatic hydroxyl groups is 1. The van der Waals surface area contributed by atoms with Gasteiger partial charge in [-0.1, -0.05) is 117 Å². The van der Waals surface area contributed by atoms with Gasteiger partial charge < -0.3 is 15.2 Å². The molecule has 8 atom stereocenters. The van der Waals surface area contributed by atoms with Gasteiger partial charge in [-0.05, 0) is 104 Å². The van der Waals surface area contributed by atoms with Crippen LogP contribution in [-0.4, -0.2) is 30.5 Å². The molecule has 4 heteroatoms. The molecule has 4 unspecified atom stereocenters. The second-order valence-corrected chi connectivity index (χ2v) is 16.7. The van der Waals surface area contributed by atoms with Crippen LogP contribution in [0.1, 0.15) is 169 Å². The first-order valence-electron chi connectivity index (χ1n) is 19.4. The van der Waals surface area contributed by atoms with Crippen molar-refractivity contribution in [3.8, 4) is 0 Å². The second-order valence-electron chi connectivity index (χ2n) is 16.7. The molecule has 4 aliphatic rings. The number of carbonyl (C=O) groups is 1. The van der Waals surface area contributed by atoms with Gasteiger partial charge in [0.05, 0.1) is 0 Å². The fourth-order valence-electron chi connectivity index (χ4n) is 10.8. The highest BCUT2D eigenvalue weighted by Crippen LogP contribution is 2.67. The van der Waals surface area contributed by atoms with Crippen LogP contribution in [0.25, 0.3) is 0 Å². The maximum atomic E-state index is 12.6. The quantitative estimate of drug-likeness (QED) is 0.119. The van der Waals surface area contributed by atoms with Crippen molar-refractivity contribution in [2.75, 3.05) is 13.2 Å². The zero-order valence-corrected chi connectivity index (χ0v) is 29.6. The van der Waals surface area contributed by atoms with Gasteiger partial charge in [0, 0.05) is 19.6 Å². The monoisotopic (exact) mass is 614 g/mol. The normalized spacial score (nSPS) is 33.7. The number of unbranched alkanes of at least 4 members (excludes halogenated alkanes) is 9. The summed E-state index contributed by atoms with van der Waals surface area (Å²) >= 11 is 0. The maximum absolute atomic E-state index is 12.6. The Labute approximate surface area is 272 Å². The number of nitrogens with one attached hydrogen (secondary N) is 1. The minimum Gasteiger partial charge on any atom is -0.446 e. The Morgan fingerprint density at radius 2 is 1.55 bits per heavy atom. The van der Waals surface area contributed by atoms with Gasteiger partial charge in [-0.25, -0.2) is 4.79 Å². The summed E-state index contributed by atoms with van der Waals surface area (Å²) in [6.45, 7) is 13.7. The topological polar surface area (TPSA) is 58.6 Å². The Morgan fingerprint density at radius 3 is 2.23 bits per heavy atom. The standard InChI is InChI=1S/C40H71NO3/c1-30(2)17-16-18-31(3)35-21-22-36-34-20-19-32-29-33(23-25-39(32,4)37(34)24-26-40(35,36)5)44-38(43)41-27-14-12-10-8-6-7-9-11-13-15-28-42/h19,30-31,33-37,42H,6-18,20-29H2,1-5H3,(H,41,43)/t31-,33?,34?,35-,36?,37?,39+,40-/m1/s1. The van der Waals surface area contributed by atoms with E-state index in [1.54, 1.807) is 5.57 Å². The summed E-state index contributed by atoms with van der Waals surface area (Å²) in [5.74, 6) is 5.19. The highest BCUT2D eigenvalue weighted by atomic mass is 16.6. The molecule has 0 aliphatic heterocycles. The molecular formula is C40H71NO3. The zero-order valence-electron chi connectivity index (χ0n) is 29.6. The van der Waals surface area contributed by atoms with E-state index in [0.29, 0.717) is 17.4 Å². The Kier molecular flexibility index (Phi) is 14.0. The summed E-state index contributed by atoms with van der Waals surface area (Å²) in [7, 11) is 0. The minimum absolute atomic E-state index is 0.0414. The van der Waals surface area contributed by atoms with Crippen LogP contribution < -0.4 is 5.32 Å². The van der Waals surface area contributed by atoms with Gasteiger partial charge in [0.1, 0.15) is 6.10 Å².